The monoisotopic (exact) mass is 213 g/mol. The van der Waals surface area contributed by atoms with Crippen molar-refractivity contribution in [3.63, 3.8) is 0 Å². The van der Waals surface area contributed by atoms with Gasteiger partial charge in [-0.3, -0.25) is 4.79 Å². The molecule has 15 heavy (non-hydrogen) atoms. The summed E-state index contributed by atoms with van der Waals surface area (Å²) in [5.74, 6) is 0.156. The van der Waals surface area contributed by atoms with Crippen LogP contribution in [0.4, 0.5) is 0 Å². The highest BCUT2D eigenvalue weighted by molar-refractivity contribution is 5.94. The highest BCUT2D eigenvalue weighted by atomic mass is 16.5. The summed E-state index contributed by atoms with van der Waals surface area (Å²) in [5, 5.41) is 15.2. The SMILES string of the molecule is Cc1oncc1C(=O)NCC(N)C(C)O. The second-order valence-corrected chi connectivity index (χ2v) is 3.41. The molecular formula is C9H15N3O3. The van der Waals surface area contributed by atoms with E-state index in [1.165, 1.54) is 6.20 Å². The molecule has 0 saturated carbocycles. The Hall–Kier alpha value is -1.40. The Morgan fingerprint density at radius 1 is 1.80 bits per heavy atom. The Bertz CT molecular complexity index is 335. The van der Waals surface area contributed by atoms with Crippen LogP contribution in [0.5, 0.6) is 0 Å². The summed E-state index contributed by atoms with van der Waals surface area (Å²) < 4.78 is 4.75. The van der Waals surface area contributed by atoms with Gasteiger partial charge in [-0.15, -0.1) is 0 Å². The van der Waals surface area contributed by atoms with E-state index in [1.807, 2.05) is 0 Å². The molecule has 0 aliphatic carbocycles. The summed E-state index contributed by atoms with van der Waals surface area (Å²) in [6.45, 7) is 3.43. The van der Waals surface area contributed by atoms with Crippen LogP contribution < -0.4 is 11.1 Å². The van der Waals surface area contributed by atoms with E-state index in [4.69, 9.17) is 15.4 Å². The fourth-order valence-electron chi connectivity index (χ4n) is 0.993. The number of aliphatic hydroxyl groups excluding tert-OH is 1. The van der Waals surface area contributed by atoms with Gasteiger partial charge < -0.3 is 20.7 Å². The topological polar surface area (TPSA) is 101 Å². The molecule has 4 N–H and O–H groups in total. The fourth-order valence-corrected chi connectivity index (χ4v) is 0.993. The average molecular weight is 213 g/mol. The lowest BCUT2D eigenvalue weighted by atomic mass is 10.2. The minimum absolute atomic E-state index is 0.209. The van der Waals surface area contributed by atoms with Gasteiger partial charge >= 0.3 is 0 Å². The summed E-state index contributed by atoms with van der Waals surface area (Å²) in [4.78, 5) is 11.5. The number of amides is 1. The van der Waals surface area contributed by atoms with E-state index in [-0.39, 0.29) is 12.5 Å². The van der Waals surface area contributed by atoms with E-state index in [1.54, 1.807) is 13.8 Å². The van der Waals surface area contributed by atoms with Gasteiger partial charge in [-0.05, 0) is 13.8 Å². The van der Waals surface area contributed by atoms with Gasteiger partial charge in [-0.2, -0.15) is 0 Å². The Kier molecular flexibility index (Phi) is 3.81. The number of nitrogens with one attached hydrogen (secondary N) is 1. The van der Waals surface area contributed by atoms with Crippen LogP contribution in [0.15, 0.2) is 10.7 Å². The van der Waals surface area contributed by atoms with E-state index in [0.29, 0.717) is 11.3 Å². The zero-order chi connectivity index (χ0) is 11.4. The molecule has 1 aromatic heterocycles. The third kappa shape index (κ3) is 3.03. The van der Waals surface area contributed by atoms with Crippen molar-refractivity contribution in [2.75, 3.05) is 6.54 Å². The second-order valence-electron chi connectivity index (χ2n) is 3.41. The molecule has 0 bridgehead atoms. The van der Waals surface area contributed by atoms with Gasteiger partial charge in [0.25, 0.3) is 5.91 Å². The number of aromatic nitrogens is 1. The van der Waals surface area contributed by atoms with Gasteiger partial charge in [0.2, 0.25) is 0 Å². The molecule has 0 aromatic carbocycles. The molecule has 0 aliphatic rings. The number of rotatable bonds is 4. The third-order valence-electron chi connectivity index (χ3n) is 2.11. The van der Waals surface area contributed by atoms with Gasteiger partial charge in [0, 0.05) is 12.6 Å². The van der Waals surface area contributed by atoms with Gasteiger partial charge in [-0.1, -0.05) is 5.16 Å². The van der Waals surface area contributed by atoms with Crippen LogP contribution >= 0.6 is 0 Å². The quantitative estimate of drug-likeness (QED) is 0.621. The van der Waals surface area contributed by atoms with Crippen LogP contribution in [0.2, 0.25) is 0 Å². The minimum Gasteiger partial charge on any atom is -0.392 e. The summed E-state index contributed by atoms with van der Waals surface area (Å²) in [5.41, 5.74) is 5.93. The van der Waals surface area contributed by atoms with E-state index in [0.717, 1.165) is 0 Å². The molecule has 1 rings (SSSR count). The highest BCUT2D eigenvalue weighted by Crippen LogP contribution is 2.04. The van der Waals surface area contributed by atoms with Gasteiger partial charge in [0.15, 0.2) is 0 Å². The van der Waals surface area contributed by atoms with Gasteiger partial charge in [-0.25, -0.2) is 0 Å². The lowest BCUT2D eigenvalue weighted by Gasteiger charge is -2.14. The van der Waals surface area contributed by atoms with Crippen LogP contribution in [-0.4, -0.2) is 34.9 Å². The number of carbonyl (C=O) groups excluding carboxylic acids is 1. The molecular weight excluding hydrogens is 198 g/mol. The normalized spacial score (nSPS) is 14.7. The van der Waals surface area contributed by atoms with E-state index in [2.05, 4.69) is 10.5 Å². The lowest BCUT2D eigenvalue weighted by molar-refractivity contribution is 0.0936. The number of nitrogens with zero attached hydrogens (tertiary/aromatic N) is 1. The number of aryl methyl sites for hydroxylation is 1. The van der Waals surface area contributed by atoms with Crippen molar-refractivity contribution in [1.82, 2.24) is 10.5 Å². The fraction of sp³-hybridized carbons (Fsp3) is 0.556. The van der Waals surface area contributed by atoms with E-state index >= 15 is 0 Å². The molecule has 1 amide bonds. The van der Waals surface area contributed by atoms with Crippen LogP contribution in [-0.2, 0) is 0 Å². The number of nitrogens with two attached hydrogens (primary N) is 1. The maximum Gasteiger partial charge on any atom is 0.256 e. The molecule has 2 unspecified atom stereocenters. The molecule has 1 aromatic rings. The van der Waals surface area contributed by atoms with Crippen molar-refractivity contribution >= 4 is 5.91 Å². The Labute approximate surface area is 87.4 Å². The first-order chi connectivity index (χ1) is 7.02. The molecule has 2 atom stereocenters. The molecule has 0 fully saturated rings. The molecule has 1 heterocycles. The summed E-state index contributed by atoms with van der Waals surface area (Å²) >= 11 is 0. The van der Waals surface area contributed by atoms with Crippen molar-refractivity contribution in [3.05, 3.63) is 17.5 Å². The smallest absolute Gasteiger partial charge is 0.256 e. The predicted octanol–water partition coefficient (Wildman–Crippen LogP) is -0.579. The van der Waals surface area contributed by atoms with Gasteiger partial charge in [0.1, 0.15) is 11.3 Å². The van der Waals surface area contributed by atoms with Crippen molar-refractivity contribution in [3.8, 4) is 0 Å². The molecule has 0 radical (unpaired) electrons. The molecule has 0 aliphatic heterocycles. The number of hydrogen-bond donors (Lipinski definition) is 3. The number of aliphatic hydroxyl groups is 1. The molecule has 0 saturated heterocycles. The zero-order valence-electron chi connectivity index (χ0n) is 8.73. The molecule has 6 heteroatoms. The lowest BCUT2D eigenvalue weighted by Crippen LogP contribution is -2.43. The Balaban J connectivity index is 2.47. The summed E-state index contributed by atoms with van der Waals surface area (Å²) in [6.07, 6.45) is 0.687. The first-order valence-electron chi connectivity index (χ1n) is 4.65. The Morgan fingerprint density at radius 2 is 2.47 bits per heavy atom. The molecule has 84 valence electrons. The summed E-state index contributed by atoms with van der Waals surface area (Å²) in [6, 6.07) is -0.478. The maximum absolute atomic E-state index is 11.5. The van der Waals surface area contributed by atoms with Crippen LogP contribution in [0.3, 0.4) is 0 Å². The van der Waals surface area contributed by atoms with Crippen LogP contribution in [0.25, 0.3) is 0 Å². The Morgan fingerprint density at radius 3 is 2.93 bits per heavy atom. The zero-order valence-corrected chi connectivity index (χ0v) is 8.73. The second kappa shape index (κ2) is 4.90. The summed E-state index contributed by atoms with van der Waals surface area (Å²) in [7, 11) is 0. The minimum atomic E-state index is -0.658. The third-order valence-corrected chi connectivity index (χ3v) is 2.11. The predicted molar refractivity (Wildman–Crippen MR) is 53.2 cm³/mol. The van der Waals surface area contributed by atoms with Crippen LogP contribution in [0, 0.1) is 6.92 Å². The highest BCUT2D eigenvalue weighted by Gasteiger charge is 2.15. The number of hydrogen-bond acceptors (Lipinski definition) is 5. The molecule has 6 nitrogen and oxygen atoms in total. The van der Waals surface area contributed by atoms with Crippen molar-refractivity contribution in [2.45, 2.75) is 26.0 Å². The largest absolute Gasteiger partial charge is 0.392 e. The first kappa shape index (κ1) is 11.7. The van der Waals surface area contributed by atoms with Crippen molar-refractivity contribution in [2.24, 2.45) is 5.73 Å². The van der Waals surface area contributed by atoms with Crippen LogP contribution in [0.1, 0.15) is 23.0 Å². The molecule has 0 spiro atoms. The van der Waals surface area contributed by atoms with Gasteiger partial charge in [0.05, 0.1) is 12.3 Å². The first-order valence-corrected chi connectivity index (χ1v) is 4.65. The standard InChI is InChI=1S/C9H15N3O3/c1-5(13)8(10)4-11-9(14)7-3-12-15-6(7)2/h3,5,8,13H,4,10H2,1-2H3,(H,11,14). The average Bonchev–Trinajstić information content (AvgIpc) is 2.60. The van der Waals surface area contributed by atoms with Crippen molar-refractivity contribution in [1.29, 1.82) is 0 Å². The van der Waals surface area contributed by atoms with E-state index in [9.17, 15) is 4.79 Å². The van der Waals surface area contributed by atoms with E-state index < -0.39 is 12.1 Å². The van der Waals surface area contributed by atoms with Crippen molar-refractivity contribution < 1.29 is 14.4 Å². The number of carbonyl (C=O) groups is 1. The maximum atomic E-state index is 11.5.